The van der Waals surface area contributed by atoms with Gasteiger partial charge in [0.05, 0.1) is 5.02 Å². The zero-order chi connectivity index (χ0) is 20.8. The molecular weight excluding hydrogens is 398 g/mol. The van der Waals surface area contributed by atoms with Crippen molar-refractivity contribution in [2.45, 2.75) is 63.3 Å². The molecule has 2 N–H and O–H groups in total. The second-order valence-corrected chi connectivity index (χ2v) is 10.6. The number of benzene rings is 1. The van der Waals surface area contributed by atoms with Gasteiger partial charge in [0.1, 0.15) is 4.90 Å². The van der Waals surface area contributed by atoms with E-state index in [2.05, 4.69) is 31.4 Å². The number of amides is 1. The van der Waals surface area contributed by atoms with E-state index in [9.17, 15) is 13.2 Å². The highest BCUT2D eigenvalue weighted by Crippen LogP contribution is 2.27. The summed E-state index contributed by atoms with van der Waals surface area (Å²) in [7, 11) is -3.71. The van der Waals surface area contributed by atoms with Crippen LogP contribution in [0, 0.1) is 0 Å². The van der Waals surface area contributed by atoms with Crippen LogP contribution in [0.15, 0.2) is 23.1 Å². The lowest BCUT2D eigenvalue weighted by atomic mass is 10.1. The summed E-state index contributed by atoms with van der Waals surface area (Å²) in [4.78, 5) is 12.5. The summed E-state index contributed by atoms with van der Waals surface area (Å²) in [6, 6.07) is 4.44. The van der Waals surface area contributed by atoms with Gasteiger partial charge in [-0.1, -0.05) is 24.4 Å². The number of hydrogen-bond donors (Lipinski definition) is 2. The first-order chi connectivity index (χ1) is 13.1. The van der Waals surface area contributed by atoms with Crippen molar-refractivity contribution in [2.24, 2.45) is 0 Å². The van der Waals surface area contributed by atoms with Gasteiger partial charge < -0.3 is 10.6 Å². The minimum absolute atomic E-state index is 0.0121. The fraction of sp³-hybridized carbons (Fsp3) is 0.650. The highest BCUT2D eigenvalue weighted by atomic mass is 35.5. The molecule has 6 nitrogen and oxygen atoms in total. The molecule has 0 aromatic heterocycles. The first-order valence-electron chi connectivity index (χ1n) is 9.94. The van der Waals surface area contributed by atoms with Crippen LogP contribution in [0.2, 0.25) is 5.02 Å². The lowest BCUT2D eigenvalue weighted by molar-refractivity contribution is 0.0953. The third kappa shape index (κ3) is 6.72. The van der Waals surface area contributed by atoms with E-state index in [4.69, 9.17) is 11.6 Å². The maximum atomic E-state index is 13.0. The van der Waals surface area contributed by atoms with Gasteiger partial charge in [-0.25, -0.2) is 8.42 Å². The molecule has 0 bridgehead atoms. The SMILES string of the molecule is CC(C)(C)NCCCNC(=O)c1ccc(Cl)c(S(=O)(=O)N2CCCCCC2)c1. The van der Waals surface area contributed by atoms with Crippen molar-refractivity contribution in [3.05, 3.63) is 28.8 Å². The monoisotopic (exact) mass is 429 g/mol. The topological polar surface area (TPSA) is 78.5 Å². The second-order valence-electron chi connectivity index (χ2n) is 8.25. The maximum absolute atomic E-state index is 13.0. The Balaban J connectivity index is 2.04. The number of hydrogen-bond acceptors (Lipinski definition) is 4. The van der Waals surface area contributed by atoms with E-state index in [0.717, 1.165) is 38.6 Å². The molecule has 1 fully saturated rings. The normalized spacial score (nSPS) is 16.6. The minimum Gasteiger partial charge on any atom is -0.352 e. The number of nitrogens with one attached hydrogen (secondary N) is 2. The Hall–Kier alpha value is -1.15. The van der Waals surface area contributed by atoms with E-state index in [-0.39, 0.29) is 21.4 Å². The zero-order valence-electron chi connectivity index (χ0n) is 17.1. The third-order valence-corrected chi connectivity index (χ3v) is 7.05. The van der Waals surface area contributed by atoms with Gasteiger partial charge in [-0.15, -0.1) is 0 Å². The van der Waals surface area contributed by atoms with Crippen LogP contribution in [-0.2, 0) is 10.0 Å². The van der Waals surface area contributed by atoms with Gasteiger partial charge in [-0.05, 0) is 64.8 Å². The molecule has 8 heteroatoms. The van der Waals surface area contributed by atoms with Gasteiger partial charge in [0.15, 0.2) is 0 Å². The van der Waals surface area contributed by atoms with E-state index in [1.165, 1.54) is 16.4 Å². The molecule has 158 valence electrons. The maximum Gasteiger partial charge on any atom is 0.251 e. The molecule has 1 aromatic carbocycles. The summed E-state index contributed by atoms with van der Waals surface area (Å²) < 4.78 is 27.5. The van der Waals surface area contributed by atoms with Crippen LogP contribution in [0.1, 0.15) is 63.2 Å². The molecule has 0 atom stereocenters. The summed E-state index contributed by atoms with van der Waals surface area (Å²) in [5.74, 6) is -0.292. The molecule has 1 aromatic rings. The third-order valence-electron chi connectivity index (χ3n) is 4.67. The van der Waals surface area contributed by atoms with Crippen LogP contribution >= 0.6 is 11.6 Å². The van der Waals surface area contributed by atoms with Crippen molar-refractivity contribution in [3.8, 4) is 0 Å². The predicted molar refractivity (Wildman–Crippen MR) is 113 cm³/mol. The van der Waals surface area contributed by atoms with Crippen molar-refractivity contribution in [1.82, 2.24) is 14.9 Å². The summed E-state index contributed by atoms with van der Waals surface area (Å²) in [6.07, 6.45) is 4.55. The van der Waals surface area contributed by atoms with Crippen molar-refractivity contribution < 1.29 is 13.2 Å². The van der Waals surface area contributed by atoms with E-state index in [1.54, 1.807) is 6.07 Å². The number of sulfonamides is 1. The van der Waals surface area contributed by atoms with E-state index in [0.29, 0.717) is 25.2 Å². The molecule has 1 saturated heterocycles. The first kappa shape index (κ1) is 23.1. The van der Waals surface area contributed by atoms with Crippen LogP contribution in [0.3, 0.4) is 0 Å². The molecule has 0 radical (unpaired) electrons. The summed E-state index contributed by atoms with van der Waals surface area (Å²) in [5, 5.41) is 6.35. The van der Waals surface area contributed by atoms with Crippen LogP contribution < -0.4 is 10.6 Å². The predicted octanol–water partition coefficient (Wildman–Crippen LogP) is 3.41. The number of rotatable bonds is 7. The van der Waals surface area contributed by atoms with Gasteiger partial charge in [0.2, 0.25) is 10.0 Å². The van der Waals surface area contributed by atoms with Gasteiger partial charge in [0, 0.05) is 30.7 Å². The highest BCUT2D eigenvalue weighted by molar-refractivity contribution is 7.89. The molecule has 0 aliphatic carbocycles. The average molecular weight is 430 g/mol. The Labute approximate surface area is 174 Å². The lowest BCUT2D eigenvalue weighted by Crippen LogP contribution is -2.37. The number of nitrogens with zero attached hydrogens (tertiary/aromatic N) is 1. The summed E-state index contributed by atoms with van der Waals surface area (Å²) >= 11 is 6.19. The van der Waals surface area contributed by atoms with Crippen LogP contribution in [0.5, 0.6) is 0 Å². The van der Waals surface area contributed by atoms with Gasteiger partial charge in [0.25, 0.3) is 5.91 Å². The summed E-state index contributed by atoms with van der Waals surface area (Å²) in [5.41, 5.74) is 0.345. The zero-order valence-corrected chi connectivity index (χ0v) is 18.6. The van der Waals surface area contributed by atoms with Crippen molar-refractivity contribution in [3.63, 3.8) is 0 Å². The van der Waals surface area contributed by atoms with Crippen LogP contribution in [0.4, 0.5) is 0 Å². The minimum atomic E-state index is -3.71. The van der Waals surface area contributed by atoms with E-state index in [1.807, 2.05) is 0 Å². The van der Waals surface area contributed by atoms with E-state index >= 15 is 0 Å². The molecule has 2 rings (SSSR count). The van der Waals surface area contributed by atoms with Crippen molar-refractivity contribution in [2.75, 3.05) is 26.2 Å². The Morgan fingerprint density at radius 3 is 2.36 bits per heavy atom. The van der Waals surface area contributed by atoms with Gasteiger partial charge in [-0.3, -0.25) is 4.79 Å². The smallest absolute Gasteiger partial charge is 0.251 e. The van der Waals surface area contributed by atoms with E-state index < -0.39 is 10.0 Å². The summed E-state index contributed by atoms with van der Waals surface area (Å²) in [6.45, 7) is 8.56. The lowest BCUT2D eigenvalue weighted by Gasteiger charge is -2.21. The number of halogens is 1. The molecule has 0 spiro atoms. The Kier molecular flexibility index (Phi) is 8.30. The number of carbonyl (C=O) groups is 1. The molecule has 1 heterocycles. The molecule has 1 amide bonds. The fourth-order valence-electron chi connectivity index (χ4n) is 3.12. The number of carbonyl (C=O) groups excluding carboxylic acids is 1. The standard InChI is InChI=1S/C20H32ClN3O3S/c1-20(2,3)23-12-8-11-22-19(25)16-9-10-17(21)18(15-16)28(26,27)24-13-6-4-5-7-14-24/h9-10,15,23H,4-8,11-14H2,1-3H3,(H,22,25). The van der Waals surface area contributed by atoms with Crippen LogP contribution in [-0.4, -0.2) is 50.3 Å². The van der Waals surface area contributed by atoms with Crippen LogP contribution in [0.25, 0.3) is 0 Å². The Morgan fingerprint density at radius 1 is 1.11 bits per heavy atom. The average Bonchev–Trinajstić information content (AvgIpc) is 2.90. The second kappa shape index (κ2) is 10.1. The van der Waals surface area contributed by atoms with Crippen molar-refractivity contribution in [1.29, 1.82) is 0 Å². The van der Waals surface area contributed by atoms with Gasteiger partial charge in [-0.2, -0.15) is 4.31 Å². The first-order valence-corrected chi connectivity index (χ1v) is 11.8. The molecule has 28 heavy (non-hydrogen) atoms. The van der Waals surface area contributed by atoms with Crippen molar-refractivity contribution >= 4 is 27.5 Å². The molecule has 0 saturated carbocycles. The molecule has 1 aliphatic rings. The highest BCUT2D eigenvalue weighted by Gasteiger charge is 2.28. The fourth-order valence-corrected chi connectivity index (χ4v) is 5.14. The largest absolute Gasteiger partial charge is 0.352 e. The quantitative estimate of drug-likeness (QED) is 0.651. The Bertz CT molecular complexity index is 767. The molecular formula is C20H32ClN3O3S. The van der Waals surface area contributed by atoms with Gasteiger partial charge >= 0.3 is 0 Å². The molecule has 1 aliphatic heterocycles. The Morgan fingerprint density at radius 2 is 1.75 bits per heavy atom. The molecule has 0 unspecified atom stereocenters.